The lowest BCUT2D eigenvalue weighted by molar-refractivity contribution is -0.290. The molecule has 14 heteroatoms. The van der Waals surface area contributed by atoms with Gasteiger partial charge in [0.05, 0.1) is 39.6 Å². The van der Waals surface area contributed by atoms with Crippen molar-refractivity contribution in [3.8, 4) is 11.5 Å². The quantitative estimate of drug-likeness (QED) is 0.0565. The highest BCUT2D eigenvalue weighted by molar-refractivity contribution is 6.76. The molecule has 4 rings (SSSR count). The fraction of sp³-hybridized carbons (Fsp3) is 0.459. The standard InChI is InChI=1S/C37H46Cl3NO9Si/c1-36(2,3)51(6,7)50-30-29(23-45-21-24-13-17-27(43-4)18-14-24)47-34(49-35(41)37(38,39)40)32(48-33(42)26-11-9-8-10-12-26)31(30)46-22-25-15-19-28(44-5)20-16-25/h8-20,29-32,34,41H,21-23H2,1-7H3/t29-,30-,31+,32-,34+/m1/s1. The Bertz CT molecular complexity index is 1570. The van der Waals surface area contributed by atoms with Gasteiger partial charge in [-0.3, -0.25) is 5.41 Å². The Labute approximate surface area is 316 Å². The van der Waals surface area contributed by atoms with Gasteiger partial charge in [0.1, 0.15) is 29.8 Å². The molecule has 0 aliphatic carbocycles. The Morgan fingerprint density at radius 2 is 1.33 bits per heavy atom. The highest BCUT2D eigenvalue weighted by Gasteiger charge is 2.54. The van der Waals surface area contributed by atoms with Crippen molar-refractivity contribution >= 4 is 55.0 Å². The molecule has 1 fully saturated rings. The van der Waals surface area contributed by atoms with Crippen molar-refractivity contribution in [1.82, 2.24) is 0 Å². The van der Waals surface area contributed by atoms with Crippen LogP contribution in [0.3, 0.4) is 0 Å². The zero-order valence-corrected chi connectivity index (χ0v) is 33.1. The van der Waals surface area contributed by atoms with E-state index < -0.39 is 54.7 Å². The van der Waals surface area contributed by atoms with Gasteiger partial charge in [0.25, 0.3) is 3.79 Å². The van der Waals surface area contributed by atoms with Gasteiger partial charge in [0.2, 0.25) is 12.2 Å². The average Bonchev–Trinajstić information content (AvgIpc) is 3.09. The number of esters is 1. The summed E-state index contributed by atoms with van der Waals surface area (Å²) in [5.74, 6) is 0.0123. The van der Waals surface area contributed by atoms with Crippen LogP contribution in [0.4, 0.5) is 0 Å². The molecule has 10 nitrogen and oxygen atoms in total. The van der Waals surface area contributed by atoms with Crippen LogP contribution in [0.5, 0.6) is 11.5 Å². The predicted octanol–water partition coefficient (Wildman–Crippen LogP) is 8.51. The van der Waals surface area contributed by atoms with Crippen LogP contribution in [0.2, 0.25) is 18.1 Å². The Balaban J connectivity index is 1.76. The minimum Gasteiger partial charge on any atom is -0.497 e. The van der Waals surface area contributed by atoms with E-state index in [1.807, 2.05) is 48.5 Å². The summed E-state index contributed by atoms with van der Waals surface area (Å²) in [7, 11) is 0.635. The van der Waals surface area contributed by atoms with Gasteiger partial charge < -0.3 is 37.6 Å². The van der Waals surface area contributed by atoms with Gasteiger partial charge in [-0.1, -0.05) is 98.0 Å². The number of hydrogen-bond acceptors (Lipinski definition) is 10. The first-order valence-corrected chi connectivity index (χ1v) is 20.4. The molecule has 1 heterocycles. The van der Waals surface area contributed by atoms with Gasteiger partial charge in [0.15, 0.2) is 14.4 Å². The van der Waals surface area contributed by atoms with E-state index in [1.165, 1.54) is 0 Å². The molecule has 0 aromatic heterocycles. The van der Waals surface area contributed by atoms with Crippen LogP contribution in [0.25, 0.3) is 0 Å². The van der Waals surface area contributed by atoms with Crippen LogP contribution in [-0.4, -0.2) is 75.5 Å². The van der Waals surface area contributed by atoms with Gasteiger partial charge >= 0.3 is 5.97 Å². The molecule has 3 aromatic rings. The lowest BCUT2D eigenvalue weighted by atomic mass is 9.98. The Morgan fingerprint density at radius 3 is 1.84 bits per heavy atom. The average molecular weight is 783 g/mol. The lowest BCUT2D eigenvalue weighted by Gasteiger charge is -2.49. The van der Waals surface area contributed by atoms with Crippen LogP contribution in [0.15, 0.2) is 78.9 Å². The van der Waals surface area contributed by atoms with Gasteiger partial charge in [-0.05, 0) is 65.7 Å². The van der Waals surface area contributed by atoms with Gasteiger partial charge in [-0.15, -0.1) is 0 Å². The van der Waals surface area contributed by atoms with Crippen molar-refractivity contribution in [3.05, 3.63) is 95.6 Å². The maximum atomic E-state index is 13.6. The van der Waals surface area contributed by atoms with E-state index >= 15 is 0 Å². The maximum absolute atomic E-state index is 13.6. The molecule has 5 atom stereocenters. The van der Waals surface area contributed by atoms with Crippen LogP contribution >= 0.6 is 34.8 Å². The maximum Gasteiger partial charge on any atom is 0.338 e. The van der Waals surface area contributed by atoms with Crippen molar-refractivity contribution < 1.29 is 42.4 Å². The van der Waals surface area contributed by atoms with Crippen LogP contribution < -0.4 is 9.47 Å². The van der Waals surface area contributed by atoms with E-state index in [1.54, 1.807) is 44.6 Å². The Hall–Kier alpha value is -2.87. The minimum atomic E-state index is -2.56. The number of carbonyl (C=O) groups is 1. The highest BCUT2D eigenvalue weighted by atomic mass is 35.6. The Morgan fingerprint density at radius 1 is 0.784 bits per heavy atom. The third-order valence-electron chi connectivity index (χ3n) is 8.88. The molecule has 1 N–H and O–H groups in total. The summed E-state index contributed by atoms with van der Waals surface area (Å²) < 4.78 is 46.8. The molecule has 1 aliphatic rings. The first kappa shape index (κ1) is 40.9. The van der Waals surface area contributed by atoms with E-state index in [0.29, 0.717) is 5.75 Å². The summed E-state index contributed by atoms with van der Waals surface area (Å²) in [6.07, 6.45) is -5.38. The summed E-state index contributed by atoms with van der Waals surface area (Å²) in [5, 5.41) is 8.20. The van der Waals surface area contributed by atoms with E-state index in [4.69, 9.17) is 77.8 Å². The number of alkyl halides is 3. The number of nitrogens with one attached hydrogen (secondary N) is 1. The number of halogens is 3. The minimum absolute atomic E-state index is 0.0219. The van der Waals surface area contributed by atoms with Crippen molar-refractivity contribution in [3.63, 3.8) is 0 Å². The fourth-order valence-electron chi connectivity index (χ4n) is 4.96. The summed E-state index contributed by atoms with van der Waals surface area (Å²) in [6.45, 7) is 10.9. The smallest absolute Gasteiger partial charge is 0.338 e. The highest BCUT2D eigenvalue weighted by Crippen LogP contribution is 2.41. The molecule has 0 amide bonds. The van der Waals surface area contributed by atoms with Gasteiger partial charge in [0, 0.05) is 0 Å². The summed E-state index contributed by atoms with van der Waals surface area (Å²) in [5.41, 5.74) is 2.01. The first-order chi connectivity index (χ1) is 24.0. The zero-order chi connectivity index (χ0) is 37.4. The summed E-state index contributed by atoms with van der Waals surface area (Å²) in [6, 6.07) is 23.4. The predicted molar refractivity (Wildman–Crippen MR) is 200 cm³/mol. The molecule has 0 unspecified atom stereocenters. The number of rotatable bonds is 14. The van der Waals surface area contributed by atoms with Crippen molar-refractivity contribution in [2.45, 2.75) is 86.6 Å². The zero-order valence-electron chi connectivity index (χ0n) is 29.8. The molecule has 3 aromatic carbocycles. The topological polar surface area (TPSA) is 115 Å². The molecule has 51 heavy (non-hydrogen) atoms. The molecule has 0 spiro atoms. The molecule has 0 bridgehead atoms. The van der Waals surface area contributed by atoms with Crippen LogP contribution in [0, 0.1) is 5.41 Å². The van der Waals surface area contributed by atoms with Crippen molar-refractivity contribution in [1.29, 1.82) is 5.41 Å². The first-order valence-electron chi connectivity index (χ1n) is 16.4. The monoisotopic (exact) mass is 781 g/mol. The van der Waals surface area contributed by atoms with E-state index in [-0.39, 0.29) is 30.4 Å². The normalized spacial score (nSPS) is 21.1. The van der Waals surface area contributed by atoms with E-state index in [0.717, 1.165) is 16.9 Å². The largest absolute Gasteiger partial charge is 0.497 e. The molecule has 0 radical (unpaired) electrons. The molecule has 278 valence electrons. The third-order valence-corrected chi connectivity index (χ3v) is 13.9. The molecule has 1 saturated heterocycles. The van der Waals surface area contributed by atoms with Crippen molar-refractivity contribution in [2.24, 2.45) is 0 Å². The summed E-state index contributed by atoms with van der Waals surface area (Å²) in [4.78, 5) is 13.6. The van der Waals surface area contributed by atoms with Gasteiger partial charge in [-0.2, -0.15) is 0 Å². The summed E-state index contributed by atoms with van der Waals surface area (Å²) >= 11 is 18.2. The number of carbonyl (C=O) groups excluding carboxylic acids is 1. The number of hydrogen-bond donors (Lipinski definition) is 1. The number of ether oxygens (including phenoxy) is 7. The van der Waals surface area contributed by atoms with E-state index in [9.17, 15) is 4.79 Å². The number of methoxy groups -OCH3 is 2. The van der Waals surface area contributed by atoms with Crippen LogP contribution in [-0.2, 0) is 41.3 Å². The van der Waals surface area contributed by atoms with Crippen LogP contribution in [0.1, 0.15) is 42.3 Å². The molecule has 1 aliphatic heterocycles. The lowest BCUT2D eigenvalue weighted by Crippen LogP contribution is -2.65. The molecular formula is C37H46Cl3NO9Si. The second-order valence-corrected chi connectivity index (χ2v) is 20.6. The van der Waals surface area contributed by atoms with Crippen molar-refractivity contribution in [2.75, 3.05) is 20.8 Å². The van der Waals surface area contributed by atoms with Gasteiger partial charge in [-0.25, -0.2) is 4.79 Å². The SMILES string of the molecule is COc1ccc(COC[C@H]2O[C@@H](OC(=N)C(Cl)(Cl)Cl)[C@H](OC(=O)c3ccccc3)[C@@H](OCc3ccc(OC)cc3)[C@@H]2O[Si](C)(C)C(C)(C)C)cc1. The third kappa shape index (κ3) is 11.3. The second kappa shape index (κ2) is 17.8. The molecule has 0 saturated carbocycles. The Kier molecular flexibility index (Phi) is 14.2. The second-order valence-electron chi connectivity index (χ2n) is 13.6. The number of benzene rings is 3. The fourth-order valence-corrected chi connectivity index (χ4v) is 6.41. The van der Waals surface area contributed by atoms with E-state index in [2.05, 4.69) is 33.9 Å². The molecular weight excluding hydrogens is 737 g/mol.